The number of nitrogens with zero attached hydrogens (tertiary/aromatic N) is 3. The number of hydrazine groups is 1. The Morgan fingerprint density at radius 1 is 1.21 bits per heavy atom. The minimum absolute atomic E-state index is 0.0347. The van der Waals surface area contributed by atoms with E-state index in [-0.39, 0.29) is 22.5 Å². The number of carbonyl (C=O) groups is 2. The molecule has 3 aromatic rings. The molecule has 33 heavy (non-hydrogen) atoms. The molecule has 1 aliphatic rings. The lowest BCUT2D eigenvalue weighted by Crippen LogP contribution is -2.42. The van der Waals surface area contributed by atoms with E-state index >= 15 is 0 Å². The molecule has 2 aromatic heterocycles. The zero-order valence-corrected chi connectivity index (χ0v) is 20.3. The molecule has 0 aliphatic carbocycles. The van der Waals surface area contributed by atoms with Gasteiger partial charge < -0.3 is 9.30 Å². The lowest BCUT2D eigenvalue weighted by molar-refractivity contribution is -0.119. The van der Waals surface area contributed by atoms with Crippen molar-refractivity contribution < 1.29 is 22.7 Å². The third-order valence-corrected chi connectivity index (χ3v) is 8.74. The van der Waals surface area contributed by atoms with Crippen LogP contribution in [-0.2, 0) is 26.1 Å². The average Bonchev–Trinajstić information content (AvgIpc) is 3.49. The maximum atomic E-state index is 13.0. The Hall–Kier alpha value is -2.45. The van der Waals surface area contributed by atoms with Crippen LogP contribution in [0.25, 0.3) is 11.0 Å². The highest BCUT2D eigenvalue weighted by molar-refractivity contribution is 7.99. The number of amides is 2. The molecule has 2 N–H and O–H groups in total. The van der Waals surface area contributed by atoms with Crippen LogP contribution in [0.3, 0.4) is 0 Å². The molecule has 3 heterocycles. The molecule has 1 fully saturated rings. The summed E-state index contributed by atoms with van der Waals surface area (Å²) in [6.45, 7) is 3.95. The van der Waals surface area contributed by atoms with Gasteiger partial charge in [-0.2, -0.15) is 4.31 Å². The molecule has 4 rings (SSSR count). The van der Waals surface area contributed by atoms with Crippen molar-refractivity contribution in [2.45, 2.75) is 23.5 Å². The summed E-state index contributed by atoms with van der Waals surface area (Å²) >= 11 is 2.49. The minimum atomic E-state index is -3.63. The maximum Gasteiger partial charge on any atom is 0.279 e. The SMILES string of the molecule is CCn1c(SCC(=O)NNC(=O)c2cccs2)nc2cc(S(=O)(=O)N3CCOCC3)ccc21. The van der Waals surface area contributed by atoms with E-state index in [1.165, 1.54) is 27.4 Å². The van der Waals surface area contributed by atoms with Gasteiger partial charge >= 0.3 is 0 Å². The number of carbonyl (C=O) groups excluding carboxylic acids is 2. The molecule has 0 unspecified atom stereocenters. The number of morpholine rings is 1. The highest BCUT2D eigenvalue weighted by Gasteiger charge is 2.27. The van der Waals surface area contributed by atoms with E-state index in [0.29, 0.717) is 48.4 Å². The third kappa shape index (κ3) is 5.22. The first-order valence-corrected chi connectivity index (χ1v) is 13.5. The Morgan fingerprint density at radius 2 is 2.00 bits per heavy atom. The van der Waals surface area contributed by atoms with Gasteiger partial charge in [-0.15, -0.1) is 11.3 Å². The number of hydrogen-bond donors (Lipinski definition) is 2. The van der Waals surface area contributed by atoms with Gasteiger partial charge in [0.25, 0.3) is 5.91 Å². The molecule has 0 radical (unpaired) electrons. The zero-order valence-electron chi connectivity index (χ0n) is 17.8. The van der Waals surface area contributed by atoms with Crippen LogP contribution in [-0.4, -0.2) is 66.1 Å². The van der Waals surface area contributed by atoms with Crippen molar-refractivity contribution in [1.29, 1.82) is 0 Å². The normalized spacial score (nSPS) is 14.9. The van der Waals surface area contributed by atoms with Crippen LogP contribution >= 0.6 is 23.1 Å². The summed E-state index contributed by atoms with van der Waals surface area (Å²) in [4.78, 5) is 29.4. The van der Waals surface area contributed by atoms with Crippen molar-refractivity contribution in [3.63, 3.8) is 0 Å². The standard InChI is InChI=1S/C20H23N5O5S3/c1-2-25-16-6-5-14(33(28,29)24-7-9-30-10-8-24)12-15(16)21-20(25)32-13-18(26)22-23-19(27)17-4-3-11-31-17/h3-6,11-12H,2,7-10,13H2,1H3,(H,22,26)(H,23,27). The minimum Gasteiger partial charge on any atom is -0.379 e. The van der Waals surface area contributed by atoms with E-state index in [0.717, 1.165) is 5.52 Å². The Bertz CT molecular complexity index is 1250. The number of aryl methyl sites for hydroxylation is 1. The topological polar surface area (TPSA) is 123 Å². The van der Waals surface area contributed by atoms with Gasteiger partial charge in [0.2, 0.25) is 15.9 Å². The molecular weight excluding hydrogens is 486 g/mol. The Labute approximate surface area is 199 Å². The van der Waals surface area contributed by atoms with E-state index in [9.17, 15) is 18.0 Å². The van der Waals surface area contributed by atoms with Gasteiger partial charge in [0.1, 0.15) is 0 Å². The smallest absolute Gasteiger partial charge is 0.279 e. The van der Waals surface area contributed by atoms with Crippen molar-refractivity contribution in [2.24, 2.45) is 0 Å². The summed E-state index contributed by atoms with van der Waals surface area (Å²) in [5, 5.41) is 2.37. The number of rotatable bonds is 7. The summed E-state index contributed by atoms with van der Waals surface area (Å²) in [6.07, 6.45) is 0. The van der Waals surface area contributed by atoms with Crippen molar-refractivity contribution >= 4 is 56.0 Å². The van der Waals surface area contributed by atoms with Crippen molar-refractivity contribution in [2.75, 3.05) is 32.1 Å². The van der Waals surface area contributed by atoms with Crippen LogP contribution < -0.4 is 10.9 Å². The fraction of sp³-hybridized carbons (Fsp3) is 0.350. The number of hydrogen-bond acceptors (Lipinski definition) is 8. The molecule has 0 saturated carbocycles. The highest BCUT2D eigenvalue weighted by atomic mass is 32.2. The zero-order chi connectivity index (χ0) is 23.4. The lowest BCUT2D eigenvalue weighted by atomic mass is 10.3. The van der Waals surface area contributed by atoms with Gasteiger partial charge in [0, 0.05) is 19.6 Å². The summed E-state index contributed by atoms with van der Waals surface area (Å²) in [7, 11) is -3.63. The molecule has 2 amide bonds. The van der Waals surface area contributed by atoms with E-state index in [2.05, 4.69) is 15.8 Å². The van der Waals surface area contributed by atoms with Crippen molar-refractivity contribution in [1.82, 2.24) is 24.7 Å². The number of benzene rings is 1. The van der Waals surface area contributed by atoms with Gasteiger partial charge in [-0.05, 0) is 36.6 Å². The fourth-order valence-electron chi connectivity index (χ4n) is 3.36. The first kappa shape index (κ1) is 23.7. The fourth-order valence-corrected chi connectivity index (χ4v) is 6.29. The van der Waals surface area contributed by atoms with Gasteiger partial charge in [-0.25, -0.2) is 13.4 Å². The number of fused-ring (bicyclic) bond motifs is 1. The molecule has 0 spiro atoms. The van der Waals surface area contributed by atoms with Crippen LogP contribution in [0.4, 0.5) is 0 Å². The number of aromatic nitrogens is 2. The lowest BCUT2D eigenvalue weighted by Gasteiger charge is -2.26. The first-order chi connectivity index (χ1) is 15.9. The van der Waals surface area contributed by atoms with Crippen molar-refractivity contribution in [3.8, 4) is 0 Å². The maximum absolute atomic E-state index is 13.0. The molecule has 1 saturated heterocycles. The van der Waals surface area contributed by atoms with Gasteiger partial charge in [0.15, 0.2) is 5.16 Å². The Balaban J connectivity index is 1.45. The average molecular weight is 510 g/mol. The Kier molecular flexibility index (Phi) is 7.34. The van der Waals surface area contributed by atoms with Crippen LogP contribution in [0.5, 0.6) is 0 Å². The first-order valence-electron chi connectivity index (χ1n) is 10.2. The van der Waals surface area contributed by atoms with E-state index < -0.39 is 10.0 Å². The summed E-state index contributed by atoms with van der Waals surface area (Å²) in [5.41, 5.74) is 6.10. The predicted octanol–water partition coefficient (Wildman–Crippen LogP) is 1.69. The number of ether oxygens (including phenoxy) is 1. The highest BCUT2D eigenvalue weighted by Crippen LogP contribution is 2.27. The molecule has 0 bridgehead atoms. The van der Waals surface area contributed by atoms with Gasteiger partial charge in [-0.3, -0.25) is 20.4 Å². The predicted molar refractivity (Wildman–Crippen MR) is 126 cm³/mol. The van der Waals surface area contributed by atoms with Crippen LogP contribution in [0.2, 0.25) is 0 Å². The number of sulfonamides is 1. The quantitative estimate of drug-likeness (QED) is 0.367. The van der Waals surface area contributed by atoms with E-state index in [4.69, 9.17) is 4.74 Å². The third-order valence-electron chi connectivity index (χ3n) is 5.00. The molecule has 176 valence electrons. The summed E-state index contributed by atoms with van der Waals surface area (Å²) in [6, 6.07) is 8.31. The molecule has 0 atom stereocenters. The molecule has 13 heteroatoms. The van der Waals surface area contributed by atoms with E-state index in [1.54, 1.807) is 35.7 Å². The van der Waals surface area contributed by atoms with Crippen LogP contribution in [0.1, 0.15) is 16.6 Å². The Morgan fingerprint density at radius 3 is 2.70 bits per heavy atom. The molecule has 1 aromatic carbocycles. The number of nitrogens with one attached hydrogen (secondary N) is 2. The van der Waals surface area contributed by atoms with Crippen LogP contribution in [0, 0.1) is 0 Å². The molecular formula is C20H23N5O5S3. The number of thiophene rings is 1. The van der Waals surface area contributed by atoms with Gasteiger partial charge in [0.05, 0.1) is 39.8 Å². The van der Waals surface area contributed by atoms with E-state index in [1.807, 2.05) is 11.5 Å². The monoisotopic (exact) mass is 509 g/mol. The number of thioether (sulfide) groups is 1. The summed E-state index contributed by atoms with van der Waals surface area (Å²) in [5.74, 6) is -0.721. The van der Waals surface area contributed by atoms with Crippen LogP contribution in [0.15, 0.2) is 45.8 Å². The van der Waals surface area contributed by atoms with Crippen molar-refractivity contribution in [3.05, 3.63) is 40.6 Å². The molecule has 10 nitrogen and oxygen atoms in total. The molecule has 1 aliphatic heterocycles. The summed E-state index contributed by atoms with van der Waals surface area (Å²) < 4.78 is 34.5. The largest absolute Gasteiger partial charge is 0.379 e. The second-order valence-corrected chi connectivity index (χ2v) is 10.9. The second kappa shape index (κ2) is 10.2. The second-order valence-electron chi connectivity index (χ2n) is 7.07. The van der Waals surface area contributed by atoms with Gasteiger partial charge in [-0.1, -0.05) is 17.8 Å². The number of imidazole rings is 1.